The van der Waals surface area contributed by atoms with E-state index in [1.54, 1.807) is 23.8 Å². The van der Waals surface area contributed by atoms with E-state index in [4.69, 9.17) is 4.74 Å². The van der Waals surface area contributed by atoms with E-state index < -0.39 is 0 Å². The Labute approximate surface area is 816 Å². The van der Waals surface area contributed by atoms with Gasteiger partial charge in [0.1, 0.15) is 5.75 Å². The van der Waals surface area contributed by atoms with Gasteiger partial charge in [-0.2, -0.15) is 0 Å². The van der Waals surface area contributed by atoms with E-state index in [0.717, 1.165) is 23.5 Å². The minimum atomic E-state index is 0.140. The molecule has 0 aromatic heterocycles. The summed E-state index contributed by atoms with van der Waals surface area (Å²) in [6, 6.07) is 78.8. The summed E-state index contributed by atoms with van der Waals surface area (Å²) in [5, 5.41) is 19.7. The smallest absolute Gasteiger partial charge is 0.126 e. The van der Waals surface area contributed by atoms with Gasteiger partial charge in [-0.1, -0.05) is 432 Å². The molecular formula is C133H176O. The van der Waals surface area contributed by atoms with E-state index in [9.17, 15) is 0 Å². The molecule has 3 aliphatic carbocycles. The molecule has 134 heavy (non-hydrogen) atoms. The highest BCUT2D eigenvalue weighted by Crippen LogP contribution is 2.50. The van der Waals surface area contributed by atoms with Crippen LogP contribution in [-0.4, -0.2) is 7.11 Å². The summed E-state index contributed by atoms with van der Waals surface area (Å²) in [5.41, 5.74) is 31.6. The van der Waals surface area contributed by atoms with Gasteiger partial charge in [-0.25, -0.2) is 0 Å². The van der Waals surface area contributed by atoms with Crippen molar-refractivity contribution >= 4 is 75.4 Å². The van der Waals surface area contributed by atoms with E-state index in [0.29, 0.717) is 11.3 Å². The minimum Gasteiger partial charge on any atom is -0.496 e. The van der Waals surface area contributed by atoms with Crippen LogP contribution in [0.2, 0.25) is 0 Å². The Kier molecular flexibility index (Phi) is 32.9. The summed E-state index contributed by atoms with van der Waals surface area (Å²) < 4.78 is 5.52. The standard InChI is InChI=1S/C23H32.C21H28.C20H26.C19H26.C18H24.C16H20O.C16H20/c1-16-18-9-7-8-10-19(18)20(15-21(16)22(2,3)4)17-11-13-23(5,6)14-12-17;1-15-17-12-8-9-13-18(17)19(14-20(15)21(2,3)4)16-10-6-5-7-11-16;1-14-16-11-7-8-12-17(16)18(15-9-5-6-10-15)13-19(14)20(2,3)4;1-13-14-10-8-9-11-15(14)17(19(5,6)7)12-16(13)18(2,3)4;1-12(2)16-11-17(18(4,5)6)13(3)14-9-7-8-10-15(14)16;1-11-12-8-6-7-9-13(12)15(17-5)10-14(11)16(2,3)4;1-11-10-15(16(3,4)5)12(2)14-9-7-6-8-13(11)14/h7-10,15,17H,11-14H2,1-6H3;8-9,12-14,16H,5-7,10-11H2,1-4H3;7-8,11-13,15H,5-6,9-10H2,1-4H3;8-12H,1-7H3;7-12H,1-6H3;6-10H,1-5H3;6-10H,1-5H3. The van der Waals surface area contributed by atoms with Crippen molar-refractivity contribution in [1.29, 1.82) is 0 Å². The van der Waals surface area contributed by atoms with Gasteiger partial charge in [0, 0.05) is 5.39 Å². The second-order valence-corrected chi connectivity index (χ2v) is 50.0. The Bertz CT molecular complexity index is 6410. The second kappa shape index (κ2) is 41.9. The summed E-state index contributed by atoms with van der Waals surface area (Å²) in [6.07, 6.45) is 17.9. The molecule has 14 aromatic rings. The molecule has 0 heterocycles. The number of ether oxygens (including phenoxy) is 1. The molecule has 3 aliphatic rings. The molecule has 0 saturated heterocycles. The van der Waals surface area contributed by atoms with Crippen molar-refractivity contribution in [3.63, 3.8) is 0 Å². The monoisotopic (exact) mass is 1790 g/mol. The van der Waals surface area contributed by atoms with Crippen LogP contribution in [0.5, 0.6) is 5.75 Å². The largest absolute Gasteiger partial charge is 0.496 e. The summed E-state index contributed by atoms with van der Waals surface area (Å²) >= 11 is 0. The fraction of sp³-hybridized carbons (Fsp3) is 0.474. The van der Waals surface area contributed by atoms with Crippen molar-refractivity contribution < 1.29 is 4.74 Å². The summed E-state index contributed by atoms with van der Waals surface area (Å²) in [7, 11) is 1.74. The lowest BCUT2D eigenvalue weighted by molar-refractivity contribution is 0.225. The Morgan fingerprint density at radius 1 is 0.239 bits per heavy atom. The highest BCUT2D eigenvalue weighted by atomic mass is 16.5. The van der Waals surface area contributed by atoms with Crippen LogP contribution in [-0.2, 0) is 43.3 Å². The first kappa shape index (κ1) is 105. The average molecular weight is 1790 g/mol. The zero-order valence-electron chi connectivity index (χ0n) is 91.1. The van der Waals surface area contributed by atoms with Crippen molar-refractivity contribution in [2.75, 3.05) is 7.11 Å². The Morgan fingerprint density at radius 3 is 0.776 bits per heavy atom. The lowest BCUT2D eigenvalue weighted by Crippen LogP contribution is -2.21. The Hall–Kier alpha value is -9.30. The average Bonchev–Trinajstić information content (AvgIpc) is 1.12. The maximum absolute atomic E-state index is 5.52. The van der Waals surface area contributed by atoms with Crippen molar-refractivity contribution in [2.24, 2.45) is 5.41 Å². The lowest BCUT2D eigenvalue weighted by atomic mass is 9.69. The van der Waals surface area contributed by atoms with Gasteiger partial charge in [0.05, 0.1) is 7.11 Å². The normalized spacial score (nSPS) is 15.0. The number of aryl methyl sites for hydroxylation is 8. The Balaban J connectivity index is 0.000000151. The molecule has 714 valence electrons. The zero-order valence-corrected chi connectivity index (χ0v) is 91.1. The highest BCUT2D eigenvalue weighted by Gasteiger charge is 2.33. The quantitative estimate of drug-likeness (QED) is 0.167. The topological polar surface area (TPSA) is 9.23 Å². The molecule has 0 amide bonds. The first-order valence-corrected chi connectivity index (χ1v) is 51.7. The number of hydrogen-bond donors (Lipinski definition) is 0. The molecule has 1 nitrogen and oxygen atoms in total. The van der Waals surface area contributed by atoms with Gasteiger partial charge >= 0.3 is 0 Å². The maximum Gasteiger partial charge on any atom is 0.126 e. The SMILES string of the molecule is COc1cc(C(C)(C)C)c(C)c2ccccc12.Cc1c(C(C)(C)C)cc(C(C)(C)C)c2ccccc12.Cc1c(C(C)(C)C)cc(C(C)C)c2ccccc12.Cc1c(C(C)(C)C)cc(C2CCC(C)(C)CC2)c2ccccc12.Cc1c(C(C)(C)C)cc(C2CCCC2)c2ccccc12.Cc1c(C(C)(C)C)cc(C2CCCCC2)c2ccccc12.Cc1cc(C(C)(C)C)c(C)c2ccccc12. The molecule has 0 bridgehead atoms. The number of benzene rings is 14. The highest BCUT2D eigenvalue weighted by molar-refractivity contribution is 5.96. The third kappa shape index (κ3) is 24.4. The Morgan fingerprint density at radius 2 is 0.463 bits per heavy atom. The molecule has 0 atom stereocenters. The van der Waals surface area contributed by atoms with E-state index >= 15 is 0 Å². The van der Waals surface area contributed by atoms with E-state index in [1.807, 2.05) is 0 Å². The summed E-state index contributed by atoms with van der Waals surface area (Å²) in [6.45, 7) is 82.8. The predicted octanol–water partition coefficient (Wildman–Crippen LogP) is 40.2. The molecule has 3 fully saturated rings. The minimum absolute atomic E-state index is 0.140. The van der Waals surface area contributed by atoms with Gasteiger partial charge in [-0.15, -0.1) is 0 Å². The molecule has 3 saturated carbocycles. The molecular weight excluding hydrogens is 1610 g/mol. The molecule has 0 spiro atoms. The van der Waals surface area contributed by atoms with E-state index in [1.165, 1.54) is 253 Å². The summed E-state index contributed by atoms with van der Waals surface area (Å²) in [5.74, 6) is 3.81. The van der Waals surface area contributed by atoms with E-state index in [2.05, 4.69) is 462 Å². The van der Waals surface area contributed by atoms with Gasteiger partial charge < -0.3 is 4.74 Å². The van der Waals surface area contributed by atoms with E-state index in [-0.39, 0.29) is 43.3 Å². The van der Waals surface area contributed by atoms with Crippen molar-refractivity contribution in [2.45, 2.75) is 400 Å². The van der Waals surface area contributed by atoms with Gasteiger partial charge in [0.25, 0.3) is 0 Å². The molecule has 0 N–H and O–H groups in total. The van der Waals surface area contributed by atoms with Crippen LogP contribution in [0, 0.1) is 60.8 Å². The third-order valence-electron chi connectivity index (χ3n) is 30.4. The molecule has 17 rings (SSSR count). The van der Waals surface area contributed by atoms with Gasteiger partial charge in [-0.3, -0.25) is 0 Å². The van der Waals surface area contributed by atoms with Crippen LogP contribution in [0.25, 0.3) is 75.4 Å². The van der Waals surface area contributed by atoms with Crippen LogP contribution < -0.4 is 4.74 Å². The molecule has 0 radical (unpaired) electrons. The molecule has 0 aliphatic heterocycles. The summed E-state index contributed by atoms with van der Waals surface area (Å²) in [4.78, 5) is 0. The fourth-order valence-corrected chi connectivity index (χ4v) is 23.0. The lowest BCUT2D eigenvalue weighted by Gasteiger charge is -2.36. The van der Waals surface area contributed by atoms with Gasteiger partial charge in [0.2, 0.25) is 0 Å². The van der Waals surface area contributed by atoms with Crippen LogP contribution in [0.15, 0.2) is 212 Å². The van der Waals surface area contributed by atoms with Crippen molar-refractivity contribution in [3.05, 3.63) is 324 Å². The first-order valence-electron chi connectivity index (χ1n) is 51.7. The fourth-order valence-electron chi connectivity index (χ4n) is 23.0. The number of hydrogen-bond acceptors (Lipinski definition) is 1. The third-order valence-corrected chi connectivity index (χ3v) is 30.4. The number of fused-ring (bicyclic) bond motifs is 7. The predicted molar refractivity (Wildman–Crippen MR) is 598 cm³/mol. The molecule has 0 unspecified atom stereocenters. The van der Waals surface area contributed by atoms with Crippen LogP contribution in [0.3, 0.4) is 0 Å². The molecule has 14 aromatic carbocycles. The second-order valence-electron chi connectivity index (χ2n) is 50.0. The van der Waals surface area contributed by atoms with Crippen LogP contribution >= 0.6 is 0 Å². The first-order chi connectivity index (χ1) is 62.5. The van der Waals surface area contributed by atoms with Gasteiger partial charge in [0.15, 0.2) is 0 Å². The van der Waals surface area contributed by atoms with Crippen LogP contribution in [0.1, 0.15) is 412 Å². The number of methoxy groups -OCH3 is 1. The number of rotatable bonds is 5. The van der Waals surface area contributed by atoms with Crippen molar-refractivity contribution in [1.82, 2.24) is 0 Å². The van der Waals surface area contributed by atoms with Gasteiger partial charge in [-0.05, 0) is 367 Å². The molecule has 1 heteroatoms. The van der Waals surface area contributed by atoms with Crippen molar-refractivity contribution in [3.8, 4) is 5.75 Å². The maximum atomic E-state index is 5.52. The zero-order chi connectivity index (χ0) is 98.7. The van der Waals surface area contributed by atoms with Crippen LogP contribution in [0.4, 0.5) is 0 Å².